The van der Waals surface area contributed by atoms with Crippen LogP contribution in [0.4, 0.5) is 0 Å². The predicted molar refractivity (Wildman–Crippen MR) is 149 cm³/mol. The normalized spacial score (nSPS) is 15.2. The minimum Gasteiger partial charge on any atom is -0.434 e. The van der Waals surface area contributed by atoms with Gasteiger partial charge < -0.3 is 15.0 Å². The second-order valence-corrected chi connectivity index (χ2v) is 9.33. The van der Waals surface area contributed by atoms with Gasteiger partial charge in [-0.3, -0.25) is 10.1 Å². The van der Waals surface area contributed by atoms with Crippen molar-refractivity contribution in [1.82, 2.24) is 25.3 Å². The third kappa shape index (κ3) is 4.06. The van der Waals surface area contributed by atoms with E-state index >= 15 is 0 Å². The van der Waals surface area contributed by atoms with Gasteiger partial charge in [0.1, 0.15) is 11.6 Å². The molecule has 0 fully saturated rings. The maximum atomic E-state index is 12.5. The standard InChI is InChI=1S/C30H23N7O3/c1-18-11-13-19(14-12-18)25-17-36(35-34-25)26-10-6-4-8-21(26)27-22(15-31)29(40-30(32-2)28(27)37(38)39)23-16-33-24-9-5-3-7-20(23)24/h3-14,16-17,27,32-33H,1-2H3. The lowest BCUT2D eigenvalue weighted by Gasteiger charge is -2.26. The molecule has 0 spiro atoms. The summed E-state index contributed by atoms with van der Waals surface area (Å²) in [5, 5.41) is 35.3. The molecule has 196 valence electrons. The molecule has 0 aliphatic carbocycles. The molecular weight excluding hydrogens is 506 g/mol. The number of nitrogens with zero attached hydrogens (tertiary/aromatic N) is 5. The molecule has 2 aromatic heterocycles. The number of ether oxygens (including phenoxy) is 1. The van der Waals surface area contributed by atoms with E-state index in [0.29, 0.717) is 22.5 Å². The highest BCUT2D eigenvalue weighted by atomic mass is 16.6. The van der Waals surface area contributed by atoms with E-state index in [1.807, 2.05) is 61.5 Å². The van der Waals surface area contributed by atoms with Crippen LogP contribution in [0.3, 0.4) is 0 Å². The lowest BCUT2D eigenvalue weighted by molar-refractivity contribution is -0.433. The SMILES string of the molecule is CNC1=C([N+](=O)[O-])C(c2ccccc2-n2cc(-c3ccc(C)cc3)nn2)C(C#N)=C(c2c[nH]c3ccccc23)O1. The first-order valence-electron chi connectivity index (χ1n) is 12.5. The van der Waals surface area contributed by atoms with Crippen LogP contribution >= 0.6 is 0 Å². The van der Waals surface area contributed by atoms with Crippen LogP contribution < -0.4 is 5.32 Å². The molecule has 10 nitrogen and oxygen atoms in total. The number of hydrogen-bond donors (Lipinski definition) is 2. The van der Waals surface area contributed by atoms with Crippen molar-refractivity contribution in [3.63, 3.8) is 0 Å². The quantitative estimate of drug-likeness (QED) is 0.221. The number of allylic oxidation sites excluding steroid dienone is 1. The molecule has 1 aliphatic rings. The van der Waals surface area contributed by atoms with E-state index in [0.717, 1.165) is 22.0 Å². The van der Waals surface area contributed by atoms with Crippen molar-refractivity contribution in [3.8, 4) is 23.0 Å². The monoisotopic (exact) mass is 529 g/mol. The fraction of sp³-hybridized carbons (Fsp3) is 0.100. The molecule has 10 heteroatoms. The van der Waals surface area contributed by atoms with E-state index in [1.165, 1.54) is 0 Å². The van der Waals surface area contributed by atoms with E-state index in [9.17, 15) is 15.4 Å². The van der Waals surface area contributed by atoms with Crippen LogP contribution in [-0.4, -0.2) is 31.9 Å². The average molecular weight is 530 g/mol. The molecule has 3 heterocycles. The Labute approximate surface area is 229 Å². The van der Waals surface area contributed by atoms with E-state index in [4.69, 9.17) is 4.74 Å². The summed E-state index contributed by atoms with van der Waals surface area (Å²) < 4.78 is 7.64. The van der Waals surface area contributed by atoms with Crippen LogP contribution in [-0.2, 0) is 4.74 Å². The second-order valence-electron chi connectivity index (χ2n) is 9.33. The summed E-state index contributed by atoms with van der Waals surface area (Å²) >= 11 is 0. The molecule has 0 amide bonds. The molecular formula is C30H23N7O3. The van der Waals surface area contributed by atoms with Gasteiger partial charge in [0, 0.05) is 35.3 Å². The van der Waals surface area contributed by atoms with Gasteiger partial charge in [-0.1, -0.05) is 71.4 Å². The van der Waals surface area contributed by atoms with Crippen LogP contribution in [0.5, 0.6) is 0 Å². The molecule has 0 bridgehead atoms. The topological polar surface area (TPSA) is 135 Å². The van der Waals surface area contributed by atoms with Gasteiger partial charge in [-0.25, -0.2) is 4.68 Å². The number of H-pyrrole nitrogens is 1. The zero-order valence-corrected chi connectivity index (χ0v) is 21.6. The van der Waals surface area contributed by atoms with Gasteiger partial charge in [0.25, 0.3) is 5.88 Å². The van der Waals surface area contributed by atoms with Crippen molar-refractivity contribution in [2.45, 2.75) is 12.8 Å². The molecule has 0 saturated heterocycles. The molecule has 1 aliphatic heterocycles. The number of nitrogens with one attached hydrogen (secondary N) is 2. The van der Waals surface area contributed by atoms with Crippen molar-refractivity contribution in [2.75, 3.05) is 7.05 Å². The maximum Gasteiger partial charge on any atom is 0.318 e. The zero-order valence-electron chi connectivity index (χ0n) is 21.6. The molecule has 0 radical (unpaired) electrons. The lowest BCUT2D eigenvalue weighted by atomic mass is 9.84. The number of para-hydroxylation sites is 2. The first kappa shape index (κ1) is 24.6. The Morgan fingerprint density at radius 1 is 1.10 bits per heavy atom. The summed E-state index contributed by atoms with van der Waals surface area (Å²) in [6.07, 6.45) is 3.52. The maximum absolute atomic E-state index is 12.5. The molecule has 3 aromatic carbocycles. The van der Waals surface area contributed by atoms with Gasteiger partial charge in [-0.15, -0.1) is 5.10 Å². The van der Waals surface area contributed by atoms with Crippen LogP contribution in [0.15, 0.2) is 102 Å². The summed E-state index contributed by atoms with van der Waals surface area (Å²) in [6.45, 7) is 2.01. The summed E-state index contributed by atoms with van der Waals surface area (Å²) in [5.41, 5.74) is 5.07. The fourth-order valence-electron chi connectivity index (χ4n) is 5.03. The molecule has 1 atom stereocenters. The number of rotatable bonds is 6. The number of nitro groups is 1. The van der Waals surface area contributed by atoms with Crippen molar-refractivity contribution < 1.29 is 9.66 Å². The Kier molecular flexibility index (Phi) is 6.09. The number of benzene rings is 3. The van der Waals surface area contributed by atoms with E-state index in [-0.39, 0.29) is 22.9 Å². The first-order chi connectivity index (χ1) is 19.5. The van der Waals surface area contributed by atoms with Crippen molar-refractivity contribution >= 4 is 16.7 Å². The van der Waals surface area contributed by atoms with Crippen molar-refractivity contribution in [2.24, 2.45) is 0 Å². The fourth-order valence-corrected chi connectivity index (χ4v) is 5.03. The average Bonchev–Trinajstić information content (AvgIpc) is 3.64. The van der Waals surface area contributed by atoms with Crippen LogP contribution in [0.1, 0.15) is 22.6 Å². The predicted octanol–water partition coefficient (Wildman–Crippen LogP) is 5.44. The van der Waals surface area contributed by atoms with Crippen molar-refractivity contribution in [3.05, 3.63) is 129 Å². The molecule has 2 N–H and O–H groups in total. The Bertz CT molecular complexity index is 1870. The van der Waals surface area contributed by atoms with Gasteiger partial charge >= 0.3 is 5.70 Å². The molecule has 1 unspecified atom stereocenters. The van der Waals surface area contributed by atoms with Gasteiger partial charge in [-0.2, -0.15) is 5.26 Å². The highest BCUT2D eigenvalue weighted by Crippen LogP contribution is 2.45. The largest absolute Gasteiger partial charge is 0.434 e. The highest BCUT2D eigenvalue weighted by molar-refractivity contribution is 5.93. The van der Waals surface area contributed by atoms with Crippen molar-refractivity contribution in [1.29, 1.82) is 5.26 Å². The molecule has 0 saturated carbocycles. The van der Waals surface area contributed by atoms with Crippen LogP contribution in [0.25, 0.3) is 33.6 Å². The summed E-state index contributed by atoms with van der Waals surface area (Å²) in [4.78, 5) is 15.2. The Morgan fingerprint density at radius 3 is 2.60 bits per heavy atom. The number of nitriles is 1. The number of hydrogen-bond acceptors (Lipinski definition) is 7. The molecule has 40 heavy (non-hydrogen) atoms. The van der Waals surface area contributed by atoms with Gasteiger partial charge in [0.2, 0.25) is 0 Å². The van der Waals surface area contributed by atoms with E-state index in [1.54, 1.807) is 42.3 Å². The third-order valence-corrected chi connectivity index (χ3v) is 6.96. The number of aromatic amines is 1. The minimum absolute atomic E-state index is 0.0389. The second kappa shape index (κ2) is 9.89. The summed E-state index contributed by atoms with van der Waals surface area (Å²) in [5.74, 6) is -0.847. The number of aryl methyl sites for hydroxylation is 1. The molecule has 6 rings (SSSR count). The van der Waals surface area contributed by atoms with Crippen LogP contribution in [0, 0.1) is 28.4 Å². The van der Waals surface area contributed by atoms with E-state index < -0.39 is 10.8 Å². The number of fused-ring (bicyclic) bond motifs is 1. The Balaban J connectivity index is 1.56. The zero-order chi connectivity index (χ0) is 27.8. The van der Waals surface area contributed by atoms with Gasteiger partial charge in [0.15, 0.2) is 5.76 Å². The third-order valence-electron chi connectivity index (χ3n) is 6.96. The first-order valence-corrected chi connectivity index (χ1v) is 12.5. The highest BCUT2D eigenvalue weighted by Gasteiger charge is 2.43. The summed E-state index contributed by atoms with van der Waals surface area (Å²) in [7, 11) is 1.55. The van der Waals surface area contributed by atoms with Gasteiger partial charge in [0.05, 0.1) is 28.4 Å². The van der Waals surface area contributed by atoms with E-state index in [2.05, 4.69) is 26.7 Å². The molecule has 5 aromatic rings. The summed E-state index contributed by atoms with van der Waals surface area (Å²) in [6, 6.07) is 24.9. The number of aromatic nitrogens is 4. The Morgan fingerprint density at radius 2 is 1.85 bits per heavy atom. The minimum atomic E-state index is -1.05. The van der Waals surface area contributed by atoms with Crippen LogP contribution in [0.2, 0.25) is 0 Å². The lowest BCUT2D eigenvalue weighted by Crippen LogP contribution is -2.27. The van der Waals surface area contributed by atoms with Gasteiger partial charge in [-0.05, 0) is 24.6 Å². The Hall–Kier alpha value is -5.69. The smallest absolute Gasteiger partial charge is 0.318 e.